The van der Waals surface area contributed by atoms with E-state index in [4.69, 9.17) is 15.2 Å². The molecule has 174 valence electrons. The van der Waals surface area contributed by atoms with Gasteiger partial charge in [-0.1, -0.05) is 20.3 Å². The van der Waals surface area contributed by atoms with Gasteiger partial charge in [-0.3, -0.25) is 15.6 Å². The number of nitrogens with one attached hydrogen (secondary N) is 2. The number of nitrogens with two attached hydrogens (primary N) is 1. The number of hydrogen-bond donors (Lipinski definition) is 4. The molecule has 0 radical (unpaired) electrons. The molecule has 6 unspecified atom stereocenters. The van der Waals surface area contributed by atoms with Crippen LogP contribution in [0.1, 0.15) is 46.0 Å². The molecule has 0 spiro atoms. The van der Waals surface area contributed by atoms with Crippen LogP contribution in [0.15, 0.2) is 0 Å². The van der Waals surface area contributed by atoms with Crippen LogP contribution >= 0.6 is 0 Å². The first-order valence-corrected chi connectivity index (χ1v) is 12.2. The van der Waals surface area contributed by atoms with Gasteiger partial charge in [0, 0.05) is 38.1 Å². The highest BCUT2D eigenvalue weighted by Gasteiger charge is 2.48. The minimum Gasteiger partial charge on any atom is -0.389 e. The number of hydrogen-bond acceptors (Lipinski definition) is 8. The molecule has 4 aliphatic rings. The smallest absolute Gasteiger partial charge is 0.0895 e. The number of morpholine rings is 1. The average molecular weight is 426 g/mol. The molecule has 4 fully saturated rings. The van der Waals surface area contributed by atoms with Crippen molar-refractivity contribution in [2.75, 3.05) is 46.0 Å². The van der Waals surface area contributed by atoms with Crippen molar-refractivity contribution in [1.29, 1.82) is 0 Å². The summed E-state index contributed by atoms with van der Waals surface area (Å²) in [5.41, 5.74) is 9.27. The number of nitrogens with zero attached hydrogens (tertiary/aromatic N) is 2. The van der Waals surface area contributed by atoms with Crippen molar-refractivity contribution in [3.63, 3.8) is 0 Å². The Morgan fingerprint density at radius 1 is 1.20 bits per heavy atom. The van der Waals surface area contributed by atoms with Crippen molar-refractivity contribution in [1.82, 2.24) is 20.7 Å². The maximum absolute atomic E-state index is 9.78. The second-order valence-electron chi connectivity index (χ2n) is 10.0. The zero-order valence-corrected chi connectivity index (χ0v) is 18.8. The number of ether oxygens (including phenoxy) is 2. The van der Waals surface area contributed by atoms with Gasteiger partial charge in [-0.25, -0.2) is 5.01 Å². The van der Waals surface area contributed by atoms with Crippen LogP contribution in [-0.2, 0) is 9.47 Å². The molecule has 0 aromatic heterocycles. The quantitative estimate of drug-likeness (QED) is 0.463. The zero-order valence-electron chi connectivity index (χ0n) is 18.8. The Hall–Kier alpha value is -0.320. The largest absolute Gasteiger partial charge is 0.389 e. The van der Waals surface area contributed by atoms with E-state index in [9.17, 15) is 5.11 Å². The fourth-order valence-electron chi connectivity index (χ4n) is 5.89. The Kier molecular flexibility index (Phi) is 8.02. The third kappa shape index (κ3) is 5.18. The summed E-state index contributed by atoms with van der Waals surface area (Å²) in [7, 11) is 0. The van der Waals surface area contributed by atoms with Gasteiger partial charge in [0.15, 0.2) is 0 Å². The SMILES string of the molecule is CC(C)C1CNN2C1NC(C1CCCC(OC[C@@H](O)CN)C1)CC2N1CCOCC1. The van der Waals surface area contributed by atoms with Crippen LogP contribution in [0.3, 0.4) is 0 Å². The van der Waals surface area contributed by atoms with E-state index in [-0.39, 0.29) is 12.6 Å². The molecule has 30 heavy (non-hydrogen) atoms. The first-order chi connectivity index (χ1) is 14.6. The molecule has 7 atom stereocenters. The topological polar surface area (TPSA) is 95.2 Å². The number of aliphatic hydroxyl groups is 1. The maximum Gasteiger partial charge on any atom is 0.0895 e. The maximum atomic E-state index is 9.78. The summed E-state index contributed by atoms with van der Waals surface area (Å²) in [4.78, 5) is 2.62. The molecule has 4 rings (SSSR count). The van der Waals surface area contributed by atoms with E-state index in [2.05, 4.69) is 34.5 Å². The molecule has 0 aromatic rings. The molecule has 1 saturated carbocycles. The molecule has 0 aromatic carbocycles. The number of fused-ring (bicyclic) bond motifs is 1. The van der Waals surface area contributed by atoms with E-state index in [1.54, 1.807) is 0 Å². The standard InChI is InChI=1S/C22H43N5O3/c1-15(2)19-13-24-27-21(26-6-8-29-9-7-26)11-20(25-22(19)27)16-4-3-5-18(10-16)30-14-17(28)12-23/h15-22,24-25,28H,3-14,23H2,1-2H3/t16?,17-,18?,19?,20?,21?,22?/m0/s1. The van der Waals surface area contributed by atoms with Gasteiger partial charge in [-0.05, 0) is 37.5 Å². The van der Waals surface area contributed by atoms with Crippen molar-refractivity contribution in [2.24, 2.45) is 23.5 Å². The predicted molar refractivity (Wildman–Crippen MR) is 116 cm³/mol. The predicted octanol–water partition coefficient (Wildman–Crippen LogP) is 0.320. The van der Waals surface area contributed by atoms with Crippen molar-refractivity contribution >= 4 is 0 Å². The highest BCUT2D eigenvalue weighted by molar-refractivity contribution is 4.99. The summed E-state index contributed by atoms with van der Waals surface area (Å²) in [6, 6.07) is 0.506. The first kappa shape index (κ1) is 22.9. The molecule has 5 N–H and O–H groups in total. The Morgan fingerprint density at radius 2 is 2.00 bits per heavy atom. The summed E-state index contributed by atoms with van der Waals surface area (Å²) in [6.07, 6.45) is 6.29. The average Bonchev–Trinajstić information content (AvgIpc) is 3.22. The lowest BCUT2D eigenvalue weighted by Crippen LogP contribution is -2.68. The highest BCUT2D eigenvalue weighted by atomic mass is 16.5. The van der Waals surface area contributed by atoms with Crippen LogP contribution in [0.2, 0.25) is 0 Å². The van der Waals surface area contributed by atoms with Crippen LogP contribution in [0.25, 0.3) is 0 Å². The van der Waals surface area contributed by atoms with Crippen molar-refractivity contribution in [3.8, 4) is 0 Å². The van der Waals surface area contributed by atoms with Crippen molar-refractivity contribution < 1.29 is 14.6 Å². The van der Waals surface area contributed by atoms with E-state index in [1.165, 1.54) is 12.8 Å². The first-order valence-electron chi connectivity index (χ1n) is 12.2. The third-order valence-corrected chi connectivity index (χ3v) is 7.74. The van der Waals surface area contributed by atoms with Crippen molar-refractivity contribution in [2.45, 2.75) is 76.5 Å². The Balaban J connectivity index is 1.44. The molecule has 3 saturated heterocycles. The van der Waals surface area contributed by atoms with Crippen molar-refractivity contribution in [3.05, 3.63) is 0 Å². The Labute approximate surface area is 181 Å². The van der Waals surface area contributed by atoms with Gasteiger partial charge in [0.05, 0.1) is 44.4 Å². The lowest BCUT2D eigenvalue weighted by atomic mass is 9.79. The molecule has 3 heterocycles. The molecule has 3 aliphatic heterocycles. The fraction of sp³-hybridized carbons (Fsp3) is 1.00. The number of hydrazine groups is 1. The second-order valence-corrected chi connectivity index (χ2v) is 10.0. The van der Waals surface area contributed by atoms with E-state index in [1.807, 2.05) is 0 Å². The fourth-order valence-corrected chi connectivity index (χ4v) is 5.89. The van der Waals surface area contributed by atoms with Gasteiger partial charge >= 0.3 is 0 Å². The lowest BCUT2D eigenvalue weighted by Gasteiger charge is -2.51. The Morgan fingerprint density at radius 3 is 2.73 bits per heavy atom. The van der Waals surface area contributed by atoms with Crippen LogP contribution < -0.4 is 16.5 Å². The monoisotopic (exact) mass is 425 g/mol. The van der Waals surface area contributed by atoms with Crippen LogP contribution in [0.5, 0.6) is 0 Å². The van der Waals surface area contributed by atoms with Crippen LogP contribution in [-0.4, -0.2) is 91.6 Å². The lowest BCUT2D eigenvalue weighted by molar-refractivity contribution is -0.102. The van der Waals surface area contributed by atoms with Gasteiger partial charge in [0.2, 0.25) is 0 Å². The minimum absolute atomic E-state index is 0.245. The molecular weight excluding hydrogens is 382 g/mol. The number of rotatable bonds is 7. The van der Waals surface area contributed by atoms with E-state index in [0.29, 0.717) is 42.7 Å². The van der Waals surface area contributed by atoms with Gasteiger partial charge in [-0.2, -0.15) is 0 Å². The summed E-state index contributed by atoms with van der Waals surface area (Å²) in [5, 5.41) is 16.4. The second kappa shape index (κ2) is 10.5. The minimum atomic E-state index is -0.547. The highest BCUT2D eigenvalue weighted by Crippen LogP contribution is 2.37. The molecule has 1 aliphatic carbocycles. The summed E-state index contributed by atoms with van der Waals surface area (Å²) in [5.74, 6) is 1.88. The molecular formula is C22H43N5O3. The molecule has 0 amide bonds. The number of aliphatic hydroxyl groups excluding tert-OH is 1. The van der Waals surface area contributed by atoms with Crippen LogP contribution in [0, 0.1) is 17.8 Å². The van der Waals surface area contributed by atoms with Gasteiger partial charge in [-0.15, -0.1) is 0 Å². The van der Waals surface area contributed by atoms with Gasteiger partial charge in [0.25, 0.3) is 0 Å². The molecule has 0 bridgehead atoms. The van der Waals surface area contributed by atoms with E-state index < -0.39 is 6.10 Å². The summed E-state index contributed by atoms with van der Waals surface area (Å²) >= 11 is 0. The Bertz CT molecular complexity index is 533. The summed E-state index contributed by atoms with van der Waals surface area (Å²) in [6.45, 7) is 10.1. The van der Waals surface area contributed by atoms with E-state index in [0.717, 1.165) is 52.1 Å². The van der Waals surface area contributed by atoms with Gasteiger partial charge < -0.3 is 20.3 Å². The zero-order chi connectivity index (χ0) is 21.1. The van der Waals surface area contributed by atoms with Gasteiger partial charge in [0.1, 0.15) is 0 Å². The molecule has 8 heteroatoms. The van der Waals surface area contributed by atoms with E-state index >= 15 is 0 Å². The summed E-state index contributed by atoms with van der Waals surface area (Å²) < 4.78 is 11.7. The van der Waals surface area contributed by atoms with Crippen LogP contribution in [0.4, 0.5) is 0 Å². The molecule has 8 nitrogen and oxygen atoms in total. The third-order valence-electron chi connectivity index (χ3n) is 7.74. The normalized spacial score (nSPS) is 39.9.